The quantitative estimate of drug-likeness (QED) is 0.223. The van der Waals surface area contributed by atoms with Crippen LogP contribution in [0.1, 0.15) is 21.5 Å². The van der Waals surface area contributed by atoms with E-state index < -0.39 is 10.9 Å². The van der Waals surface area contributed by atoms with Gasteiger partial charge in [0.1, 0.15) is 12.4 Å². The molecule has 0 heterocycles. The van der Waals surface area contributed by atoms with Crippen molar-refractivity contribution in [2.45, 2.75) is 6.61 Å². The Labute approximate surface area is 188 Å². The molecule has 0 atom stereocenters. The largest absolute Gasteiger partial charge is 0.487 e. The molecule has 9 heteroatoms. The van der Waals surface area contributed by atoms with Crippen molar-refractivity contribution < 1.29 is 19.6 Å². The third-order valence-corrected chi connectivity index (χ3v) is 5.08. The van der Waals surface area contributed by atoms with Gasteiger partial charge in [-0.1, -0.05) is 28.1 Å². The molecular weight excluding hydrogens is 520 g/mol. The number of benzene rings is 3. The Balaban J connectivity index is 1.81. The van der Waals surface area contributed by atoms with Gasteiger partial charge in [0.25, 0.3) is 5.69 Å². The summed E-state index contributed by atoms with van der Waals surface area (Å²) >= 11 is 6.92. The molecule has 0 bridgehead atoms. The first kappa shape index (κ1) is 21.7. The minimum atomic E-state index is -0.983. The molecule has 0 radical (unpaired) electrons. The van der Waals surface area contributed by atoms with Gasteiger partial charge in [0.15, 0.2) is 0 Å². The number of aromatic carboxylic acids is 1. The van der Waals surface area contributed by atoms with Crippen molar-refractivity contribution in [3.05, 3.63) is 96.4 Å². The highest BCUT2D eigenvalue weighted by molar-refractivity contribution is 9.11. The molecule has 0 aliphatic carbocycles. The van der Waals surface area contributed by atoms with Crippen LogP contribution in [0.5, 0.6) is 5.75 Å². The Hall–Kier alpha value is -3.04. The Morgan fingerprint density at radius 2 is 1.77 bits per heavy atom. The summed E-state index contributed by atoms with van der Waals surface area (Å²) in [6.45, 7) is 0.235. The van der Waals surface area contributed by atoms with E-state index in [0.29, 0.717) is 21.5 Å². The van der Waals surface area contributed by atoms with Gasteiger partial charge in [0.05, 0.1) is 20.6 Å². The lowest BCUT2D eigenvalue weighted by Crippen LogP contribution is -2.01. The van der Waals surface area contributed by atoms with Gasteiger partial charge in [-0.25, -0.2) is 4.79 Å². The van der Waals surface area contributed by atoms with Crippen LogP contribution >= 0.6 is 31.9 Å². The first-order chi connectivity index (χ1) is 14.3. The third kappa shape index (κ3) is 5.52. The molecule has 152 valence electrons. The molecule has 0 fully saturated rings. The molecule has 30 heavy (non-hydrogen) atoms. The highest BCUT2D eigenvalue weighted by atomic mass is 79.9. The summed E-state index contributed by atoms with van der Waals surface area (Å²) in [7, 11) is 0. The van der Waals surface area contributed by atoms with E-state index in [-0.39, 0.29) is 17.9 Å². The zero-order valence-corrected chi connectivity index (χ0v) is 18.5. The van der Waals surface area contributed by atoms with Crippen LogP contribution in [0.4, 0.5) is 11.4 Å². The standard InChI is InChI=1S/C21H14Br2N2O5/c22-16-9-15(11-24-17-5-7-18(8-6-17)25(28)29)20(19(23)10-16)30-12-13-1-3-14(4-2-13)21(26)27/h1-11H,12H2,(H,26,27). The molecule has 7 nitrogen and oxygen atoms in total. The van der Waals surface area contributed by atoms with Gasteiger partial charge in [-0.3, -0.25) is 15.1 Å². The Bertz CT molecular complexity index is 1110. The fourth-order valence-corrected chi connectivity index (χ4v) is 3.90. The van der Waals surface area contributed by atoms with Gasteiger partial charge in [0, 0.05) is 28.4 Å². The Morgan fingerprint density at radius 1 is 1.10 bits per heavy atom. The average Bonchev–Trinajstić information content (AvgIpc) is 2.72. The number of carbonyl (C=O) groups is 1. The lowest BCUT2D eigenvalue weighted by molar-refractivity contribution is -0.384. The van der Waals surface area contributed by atoms with Crippen molar-refractivity contribution >= 4 is 55.4 Å². The fourth-order valence-electron chi connectivity index (χ4n) is 2.53. The summed E-state index contributed by atoms with van der Waals surface area (Å²) in [6, 6.07) is 16.0. The van der Waals surface area contributed by atoms with Crippen molar-refractivity contribution in [3.63, 3.8) is 0 Å². The molecule has 0 aromatic heterocycles. The second-order valence-electron chi connectivity index (χ2n) is 6.13. The Morgan fingerprint density at radius 3 is 2.37 bits per heavy atom. The molecule has 0 aliphatic heterocycles. The van der Waals surface area contributed by atoms with Crippen molar-refractivity contribution in [1.29, 1.82) is 0 Å². The maximum atomic E-state index is 11.0. The summed E-state index contributed by atoms with van der Waals surface area (Å²) in [5, 5.41) is 19.8. The molecule has 0 saturated heterocycles. The number of nitrogens with zero attached hydrogens (tertiary/aromatic N) is 2. The van der Waals surface area contributed by atoms with Gasteiger partial charge in [-0.05, 0) is 57.9 Å². The van der Waals surface area contributed by atoms with Gasteiger partial charge < -0.3 is 9.84 Å². The first-order valence-corrected chi connectivity index (χ1v) is 10.1. The second kappa shape index (κ2) is 9.64. The number of non-ortho nitro benzene ring substituents is 1. The number of ether oxygens (including phenoxy) is 1. The van der Waals surface area contributed by atoms with Crippen molar-refractivity contribution in [2.24, 2.45) is 4.99 Å². The molecule has 1 N–H and O–H groups in total. The van der Waals surface area contributed by atoms with E-state index in [1.54, 1.807) is 30.5 Å². The summed E-state index contributed by atoms with van der Waals surface area (Å²) in [5.74, 6) is -0.422. The topological polar surface area (TPSA) is 102 Å². The fraction of sp³-hybridized carbons (Fsp3) is 0.0476. The number of hydrogen-bond donors (Lipinski definition) is 1. The second-order valence-corrected chi connectivity index (χ2v) is 7.90. The molecule has 3 rings (SSSR count). The predicted octanol–water partition coefficient (Wildman–Crippen LogP) is 6.15. The molecular formula is C21H14Br2N2O5. The smallest absolute Gasteiger partial charge is 0.335 e. The first-order valence-electron chi connectivity index (χ1n) is 8.56. The van der Waals surface area contributed by atoms with E-state index in [4.69, 9.17) is 9.84 Å². The van der Waals surface area contributed by atoms with Gasteiger partial charge in [-0.15, -0.1) is 0 Å². The van der Waals surface area contributed by atoms with E-state index in [1.165, 1.54) is 24.3 Å². The molecule has 0 saturated carbocycles. The average molecular weight is 534 g/mol. The highest BCUT2D eigenvalue weighted by Gasteiger charge is 2.10. The number of carboxylic acid groups (broad SMARTS) is 1. The van der Waals surface area contributed by atoms with Crippen molar-refractivity contribution in [2.75, 3.05) is 0 Å². The number of aliphatic imine (C=N–C) groups is 1. The molecule has 0 amide bonds. The number of halogens is 2. The van der Waals surface area contributed by atoms with Crippen LogP contribution in [0, 0.1) is 10.1 Å². The minimum Gasteiger partial charge on any atom is -0.487 e. The number of nitro groups is 1. The lowest BCUT2D eigenvalue weighted by atomic mass is 10.1. The van der Waals surface area contributed by atoms with E-state index >= 15 is 0 Å². The van der Waals surface area contributed by atoms with E-state index in [2.05, 4.69) is 36.9 Å². The van der Waals surface area contributed by atoms with Crippen LogP contribution in [0.15, 0.2) is 74.6 Å². The summed E-state index contributed by atoms with van der Waals surface area (Å²) in [4.78, 5) is 25.6. The predicted molar refractivity (Wildman–Crippen MR) is 120 cm³/mol. The summed E-state index contributed by atoms with van der Waals surface area (Å²) in [5.41, 5.74) is 2.27. The normalized spacial score (nSPS) is 10.9. The zero-order valence-electron chi connectivity index (χ0n) is 15.3. The molecule has 3 aromatic rings. The number of carboxylic acids is 1. The Kier molecular flexibility index (Phi) is 6.96. The zero-order chi connectivity index (χ0) is 21.7. The van der Waals surface area contributed by atoms with Crippen molar-refractivity contribution in [1.82, 2.24) is 0 Å². The van der Waals surface area contributed by atoms with Crippen LogP contribution in [0.2, 0.25) is 0 Å². The molecule has 0 spiro atoms. The lowest BCUT2D eigenvalue weighted by Gasteiger charge is -2.12. The van der Waals surface area contributed by atoms with Crippen LogP contribution in [-0.4, -0.2) is 22.2 Å². The van der Waals surface area contributed by atoms with Gasteiger partial charge >= 0.3 is 5.97 Å². The van der Waals surface area contributed by atoms with Crippen molar-refractivity contribution in [3.8, 4) is 5.75 Å². The summed E-state index contributed by atoms with van der Waals surface area (Å²) < 4.78 is 7.48. The van der Waals surface area contributed by atoms with Crippen LogP contribution < -0.4 is 4.74 Å². The maximum absolute atomic E-state index is 11.0. The molecule has 3 aromatic carbocycles. The van der Waals surface area contributed by atoms with Crippen LogP contribution in [0.25, 0.3) is 0 Å². The van der Waals surface area contributed by atoms with Crippen LogP contribution in [0.3, 0.4) is 0 Å². The molecule has 0 aliphatic rings. The molecule has 0 unspecified atom stereocenters. The SMILES string of the molecule is O=C(O)c1ccc(COc2c(Br)cc(Br)cc2C=Nc2ccc([N+](=O)[O-])cc2)cc1. The van der Waals surface area contributed by atoms with Crippen LogP contribution in [-0.2, 0) is 6.61 Å². The maximum Gasteiger partial charge on any atom is 0.335 e. The number of nitro benzene ring substituents is 1. The number of rotatable bonds is 7. The van der Waals surface area contributed by atoms with Gasteiger partial charge in [0.2, 0.25) is 0 Å². The summed E-state index contributed by atoms with van der Waals surface area (Å²) in [6.07, 6.45) is 1.61. The third-order valence-electron chi connectivity index (χ3n) is 4.03. The minimum absolute atomic E-state index is 0.00270. The van der Waals surface area contributed by atoms with E-state index in [1.807, 2.05) is 12.1 Å². The number of hydrogen-bond acceptors (Lipinski definition) is 5. The van der Waals surface area contributed by atoms with Gasteiger partial charge in [-0.2, -0.15) is 0 Å². The highest BCUT2D eigenvalue weighted by Crippen LogP contribution is 2.33. The van der Waals surface area contributed by atoms with E-state index in [0.717, 1.165) is 10.0 Å². The monoisotopic (exact) mass is 532 g/mol. The van der Waals surface area contributed by atoms with E-state index in [9.17, 15) is 14.9 Å².